The smallest absolute Gasteiger partial charge is 0.311 e. The number of nitro benzene ring substituents is 1. The van der Waals surface area contributed by atoms with E-state index >= 15 is 0 Å². The fourth-order valence-electron chi connectivity index (χ4n) is 1.54. The number of hydrogen-bond acceptors (Lipinski definition) is 4. The maximum absolute atomic E-state index is 11.0. The first-order valence-electron chi connectivity index (χ1n) is 5.42. The van der Waals surface area contributed by atoms with Gasteiger partial charge in [0, 0.05) is 6.07 Å². The molecular weight excluding hydrogens is 314 g/mol. The fourth-order valence-corrected chi connectivity index (χ4v) is 1.90. The van der Waals surface area contributed by atoms with Crippen LogP contribution in [0, 0.1) is 10.1 Å². The van der Waals surface area contributed by atoms with Crippen molar-refractivity contribution < 1.29 is 14.8 Å². The second-order valence-corrected chi connectivity index (χ2v) is 4.60. The van der Waals surface area contributed by atoms with Crippen LogP contribution in [0.1, 0.15) is 5.56 Å². The van der Waals surface area contributed by atoms with Gasteiger partial charge in [-0.3, -0.25) is 10.1 Å². The van der Waals surface area contributed by atoms with E-state index in [0.29, 0.717) is 15.8 Å². The summed E-state index contributed by atoms with van der Waals surface area (Å²) in [5, 5.41) is 20.0. The topological polar surface area (TPSA) is 72.6 Å². The van der Waals surface area contributed by atoms with E-state index in [2.05, 4.69) is 15.9 Å². The summed E-state index contributed by atoms with van der Waals surface area (Å²) in [6.45, 7) is -0.254. The number of aliphatic hydroxyl groups excluding tert-OH is 1. The maximum atomic E-state index is 11.0. The number of nitro groups is 1. The van der Waals surface area contributed by atoms with Gasteiger partial charge in [-0.2, -0.15) is 0 Å². The third kappa shape index (κ3) is 3.10. The summed E-state index contributed by atoms with van der Waals surface area (Å²) in [7, 11) is 0. The van der Waals surface area contributed by atoms with Gasteiger partial charge in [0.15, 0.2) is 0 Å². The molecule has 0 fully saturated rings. The van der Waals surface area contributed by atoms with Crippen LogP contribution in [-0.4, -0.2) is 10.0 Å². The average Bonchev–Trinajstić information content (AvgIpc) is 2.41. The highest BCUT2D eigenvalue weighted by molar-refractivity contribution is 9.10. The lowest BCUT2D eigenvalue weighted by Crippen LogP contribution is -1.95. The molecule has 0 bridgehead atoms. The van der Waals surface area contributed by atoms with E-state index in [0.717, 1.165) is 0 Å². The predicted molar refractivity (Wildman–Crippen MR) is 73.2 cm³/mol. The Morgan fingerprint density at radius 2 is 1.95 bits per heavy atom. The monoisotopic (exact) mass is 323 g/mol. The molecule has 0 aliphatic carbocycles. The zero-order valence-corrected chi connectivity index (χ0v) is 11.3. The molecule has 2 aromatic rings. The molecule has 2 aromatic carbocycles. The molecule has 0 aliphatic rings. The van der Waals surface area contributed by atoms with Crippen LogP contribution >= 0.6 is 15.9 Å². The maximum Gasteiger partial charge on any atom is 0.311 e. The molecule has 0 atom stereocenters. The van der Waals surface area contributed by atoms with Crippen LogP contribution in [0.25, 0.3) is 0 Å². The lowest BCUT2D eigenvalue weighted by molar-refractivity contribution is -0.385. The van der Waals surface area contributed by atoms with Gasteiger partial charge < -0.3 is 9.84 Å². The molecule has 6 heteroatoms. The molecule has 1 N–H and O–H groups in total. The molecule has 0 spiro atoms. The zero-order valence-electron chi connectivity index (χ0n) is 9.75. The van der Waals surface area contributed by atoms with Crippen molar-refractivity contribution in [3.8, 4) is 11.5 Å². The van der Waals surface area contributed by atoms with Crippen molar-refractivity contribution in [3.05, 3.63) is 62.6 Å². The predicted octanol–water partition coefficient (Wildman–Crippen LogP) is 3.64. The Bertz CT molecular complexity index is 615. The number of rotatable bonds is 4. The summed E-state index contributed by atoms with van der Waals surface area (Å²) in [6.07, 6.45) is 0. The normalized spacial score (nSPS) is 10.2. The lowest BCUT2D eigenvalue weighted by atomic mass is 10.2. The summed E-state index contributed by atoms with van der Waals surface area (Å²) in [6, 6.07) is 11.4. The zero-order chi connectivity index (χ0) is 13.8. The van der Waals surface area contributed by atoms with Crippen molar-refractivity contribution >= 4 is 21.6 Å². The number of nitrogens with zero attached hydrogens (tertiary/aromatic N) is 1. The minimum Gasteiger partial charge on any atom is -0.449 e. The molecule has 0 unspecified atom stereocenters. The van der Waals surface area contributed by atoms with Crippen LogP contribution in [0.15, 0.2) is 46.9 Å². The third-order valence-electron chi connectivity index (χ3n) is 2.46. The Kier molecular flexibility index (Phi) is 4.13. The van der Waals surface area contributed by atoms with Crippen LogP contribution in [0.2, 0.25) is 0 Å². The van der Waals surface area contributed by atoms with Gasteiger partial charge in [-0.15, -0.1) is 0 Å². The van der Waals surface area contributed by atoms with E-state index in [1.54, 1.807) is 24.3 Å². The van der Waals surface area contributed by atoms with E-state index in [1.165, 1.54) is 12.1 Å². The molecule has 19 heavy (non-hydrogen) atoms. The first-order chi connectivity index (χ1) is 9.11. The number of hydrogen-bond donors (Lipinski definition) is 1. The summed E-state index contributed by atoms with van der Waals surface area (Å²) in [4.78, 5) is 10.5. The molecular formula is C13H10BrNO4. The molecule has 5 nitrogen and oxygen atoms in total. The molecule has 98 valence electrons. The number of ether oxygens (including phenoxy) is 1. The molecule has 0 aliphatic heterocycles. The quantitative estimate of drug-likeness (QED) is 0.688. The van der Waals surface area contributed by atoms with Gasteiger partial charge >= 0.3 is 5.69 Å². The molecule has 0 saturated carbocycles. The standard InChI is InChI=1S/C13H10BrNO4/c14-10-3-1-2-4-12(10)19-13-6-5-9(8-16)7-11(13)15(17)18/h1-7,16H,8H2. The minimum atomic E-state index is -0.536. The van der Waals surface area contributed by atoms with Gasteiger partial charge in [0.25, 0.3) is 0 Å². The Morgan fingerprint density at radius 1 is 1.21 bits per heavy atom. The molecule has 0 aromatic heterocycles. The van der Waals surface area contributed by atoms with Crippen molar-refractivity contribution in [2.24, 2.45) is 0 Å². The van der Waals surface area contributed by atoms with E-state index in [9.17, 15) is 10.1 Å². The van der Waals surface area contributed by atoms with Gasteiger partial charge in [-0.25, -0.2) is 0 Å². The average molecular weight is 324 g/mol. The highest BCUT2D eigenvalue weighted by Crippen LogP contribution is 2.35. The van der Waals surface area contributed by atoms with Crippen molar-refractivity contribution in [3.63, 3.8) is 0 Å². The Balaban J connectivity index is 2.40. The first-order valence-corrected chi connectivity index (χ1v) is 6.21. The van der Waals surface area contributed by atoms with Crippen LogP contribution < -0.4 is 4.74 Å². The molecule has 2 rings (SSSR count). The summed E-state index contributed by atoms with van der Waals surface area (Å²) in [5.74, 6) is 0.622. The number of benzene rings is 2. The highest BCUT2D eigenvalue weighted by Gasteiger charge is 2.17. The minimum absolute atomic E-state index is 0.133. The number of aliphatic hydroxyl groups is 1. The highest BCUT2D eigenvalue weighted by atomic mass is 79.9. The SMILES string of the molecule is O=[N+]([O-])c1cc(CO)ccc1Oc1ccccc1Br. The Hall–Kier alpha value is -1.92. The third-order valence-corrected chi connectivity index (χ3v) is 3.11. The molecule has 0 amide bonds. The Labute approximate surface area is 117 Å². The van der Waals surface area contributed by atoms with Gasteiger partial charge in [0.05, 0.1) is 16.0 Å². The van der Waals surface area contributed by atoms with Crippen LogP contribution in [0.3, 0.4) is 0 Å². The summed E-state index contributed by atoms with van der Waals surface area (Å²) in [5.41, 5.74) is 0.286. The van der Waals surface area contributed by atoms with Crippen molar-refractivity contribution in [1.29, 1.82) is 0 Å². The summed E-state index contributed by atoms with van der Waals surface area (Å²) >= 11 is 3.31. The first kappa shape index (κ1) is 13.5. The van der Waals surface area contributed by atoms with Gasteiger partial charge in [-0.1, -0.05) is 18.2 Å². The van der Waals surface area contributed by atoms with Gasteiger partial charge in [-0.05, 0) is 39.7 Å². The van der Waals surface area contributed by atoms with E-state index < -0.39 is 4.92 Å². The molecule has 0 saturated heterocycles. The van der Waals surface area contributed by atoms with Gasteiger partial charge in [0.1, 0.15) is 5.75 Å². The second kappa shape index (κ2) is 5.81. The number of para-hydroxylation sites is 1. The molecule has 0 heterocycles. The van der Waals surface area contributed by atoms with Crippen molar-refractivity contribution in [2.75, 3.05) is 0 Å². The molecule has 0 radical (unpaired) electrons. The van der Waals surface area contributed by atoms with Crippen LogP contribution in [0.4, 0.5) is 5.69 Å². The lowest BCUT2D eigenvalue weighted by Gasteiger charge is -2.08. The van der Waals surface area contributed by atoms with Crippen molar-refractivity contribution in [2.45, 2.75) is 6.61 Å². The van der Waals surface area contributed by atoms with Crippen LogP contribution in [0.5, 0.6) is 11.5 Å². The van der Waals surface area contributed by atoms with E-state index in [1.807, 2.05) is 6.07 Å². The second-order valence-electron chi connectivity index (χ2n) is 3.75. The number of halogens is 1. The summed E-state index contributed by atoms with van der Waals surface area (Å²) < 4.78 is 6.24. The van der Waals surface area contributed by atoms with E-state index in [-0.39, 0.29) is 18.0 Å². The van der Waals surface area contributed by atoms with Crippen LogP contribution in [-0.2, 0) is 6.61 Å². The largest absolute Gasteiger partial charge is 0.449 e. The Morgan fingerprint density at radius 3 is 2.58 bits per heavy atom. The van der Waals surface area contributed by atoms with Crippen molar-refractivity contribution in [1.82, 2.24) is 0 Å². The van der Waals surface area contributed by atoms with E-state index in [4.69, 9.17) is 9.84 Å². The fraction of sp³-hybridized carbons (Fsp3) is 0.0769. The van der Waals surface area contributed by atoms with Gasteiger partial charge in [0.2, 0.25) is 5.75 Å².